The number of pyridine rings is 1. The molecule has 94 valence electrons. The third-order valence-electron chi connectivity index (χ3n) is 2.85. The fourth-order valence-electron chi connectivity index (χ4n) is 1.96. The molecule has 0 saturated carbocycles. The minimum Gasteiger partial charge on any atom is -0.248 e. The molecule has 0 fully saturated rings. The first kappa shape index (κ1) is 13.0. The summed E-state index contributed by atoms with van der Waals surface area (Å²) < 4.78 is 0. The zero-order valence-electron chi connectivity index (χ0n) is 11.1. The average molecular weight is 247 g/mol. The minimum absolute atomic E-state index is 0.925. The summed E-state index contributed by atoms with van der Waals surface area (Å²) in [4.78, 5) is 4.71. The number of aromatic nitrogens is 1. The fourth-order valence-corrected chi connectivity index (χ4v) is 1.96. The first-order valence-corrected chi connectivity index (χ1v) is 6.24. The van der Waals surface area contributed by atoms with E-state index in [4.69, 9.17) is 4.98 Å². The molecule has 19 heavy (non-hydrogen) atoms. The third-order valence-corrected chi connectivity index (χ3v) is 2.85. The standard InChI is InChI=1S/C18H17N/c1-4-9-15(5-2)17-12-14(3)13-18(19-17)16-10-7-6-8-11-16/h4-13H,1-2H2,3H3/b15-9+. The molecule has 0 aliphatic carbocycles. The fraction of sp³-hybridized carbons (Fsp3) is 0.0556. The van der Waals surface area contributed by atoms with Crippen LogP contribution in [0.2, 0.25) is 0 Å². The van der Waals surface area contributed by atoms with Gasteiger partial charge in [-0.1, -0.05) is 61.7 Å². The normalized spacial score (nSPS) is 11.1. The summed E-state index contributed by atoms with van der Waals surface area (Å²) >= 11 is 0. The second kappa shape index (κ2) is 5.96. The number of benzene rings is 1. The summed E-state index contributed by atoms with van der Waals surface area (Å²) in [6.45, 7) is 9.63. The van der Waals surface area contributed by atoms with Crippen LogP contribution in [0.25, 0.3) is 16.8 Å². The van der Waals surface area contributed by atoms with Crippen molar-refractivity contribution in [2.75, 3.05) is 0 Å². The van der Waals surface area contributed by atoms with Crippen molar-refractivity contribution in [2.24, 2.45) is 0 Å². The zero-order valence-corrected chi connectivity index (χ0v) is 11.1. The largest absolute Gasteiger partial charge is 0.248 e. The lowest BCUT2D eigenvalue weighted by Gasteiger charge is -2.07. The molecular formula is C18H17N. The van der Waals surface area contributed by atoms with E-state index in [1.165, 1.54) is 5.56 Å². The molecule has 1 aromatic heterocycles. The minimum atomic E-state index is 0.925. The summed E-state index contributed by atoms with van der Waals surface area (Å²) in [6, 6.07) is 14.3. The molecule has 0 saturated heterocycles. The van der Waals surface area contributed by atoms with Gasteiger partial charge in [0.2, 0.25) is 0 Å². The predicted molar refractivity (Wildman–Crippen MR) is 82.8 cm³/mol. The summed E-state index contributed by atoms with van der Waals surface area (Å²) in [5.41, 5.74) is 5.19. The Bertz CT molecular complexity index is 621. The zero-order chi connectivity index (χ0) is 13.7. The Hall–Kier alpha value is -2.41. The summed E-state index contributed by atoms with van der Waals surface area (Å²) in [7, 11) is 0. The van der Waals surface area contributed by atoms with Crippen molar-refractivity contribution in [1.82, 2.24) is 4.98 Å². The SMILES string of the molecule is C=C/C=C(\C=C)c1cc(C)cc(-c2ccccc2)n1. The van der Waals surface area contributed by atoms with E-state index in [0.717, 1.165) is 22.5 Å². The van der Waals surface area contributed by atoms with Crippen LogP contribution in [0.3, 0.4) is 0 Å². The molecule has 1 nitrogen and oxygen atoms in total. The number of aryl methyl sites for hydroxylation is 1. The van der Waals surface area contributed by atoms with E-state index in [1.54, 1.807) is 12.2 Å². The number of hydrogen-bond donors (Lipinski definition) is 0. The van der Waals surface area contributed by atoms with Crippen molar-refractivity contribution < 1.29 is 0 Å². The van der Waals surface area contributed by atoms with Gasteiger partial charge >= 0.3 is 0 Å². The van der Waals surface area contributed by atoms with Crippen LogP contribution in [0.15, 0.2) is 73.9 Å². The molecule has 0 bridgehead atoms. The molecule has 2 rings (SSSR count). The molecule has 0 atom stereocenters. The molecule has 2 aromatic rings. The summed E-state index contributed by atoms with van der Waals surface area (Å²) in [5.74, 6) is 0. The smallest absolute Gasteiger partial charge is 0.0712 e. The Morgan fingerprint density at radius 3 is 2.47 bits per heavy atom. The van der Waals surface area contributed by atoms with Crippen LogP contribution in [0, 0.1) is 6.92 Å². The van der Waals surface area contributed by atoms with Crippen molar-refractivity contribution >= 4 is 5.57 Å². The Morgan fingerprint density at radius 1 is 1.11 bits per heavy atom. The van der Waals surface area contributed by atoms with Gasteiger partial charge in [0.05, 0.1) is 11.4 Å². The quantitative estimate of drug-likeness (QED) is 0.706. The third kappa shape index (κ3) is 3.08. The molecule has 1 heteroatoms. The first-order chi connectivity index (χ1) is 9.24. The van der Waals surface area contributed by atoms with E-state index in [0.29, 0.717) is 0 Å². The summed E-state index contributed by atoms with van der Waals surface area (Å²) in [5, 5.41) is 0. The maximum atomic E-state index is 4.71. The van der Waals surface area contributed by atoms with Gasteiger partial charge in [-0.25, -0.2) is 4.98 Å². The van der Waals surface area contributed by atoms with Gasteiger partial charge < -0.3 is 0 Å². The Labute approximate surface area is 114 Å². The van der Waals surface area contributed by atoms with Gasteiger partial charge in [-0.3, -0.25) is 0 Å². The average Bonchev–Trinajstić information content (AvgIpc) is 2.45. The molecule has 0 unspecified atom stereocenters. The molecule has 0 radical (unpaired) electrons. The van der Waals surface area contributed by atoms with E-state index < -0.39 is 0 Å². The van der Waals surface area contributed by atoms with Crippen molar-refractivity contribution in [3.8, 4) is 11.3 Å². The highest BCUT2D eigenvalue weighted by atomic mass is 14.7. The molecule has 0 N–H and O–H groups in total. The first-order valence-electron chi connectivity index (χ1n) is 6.24. The molecule has 0 spiro atoms. The molecular weight excluding hydrogens is 230 g/mol. The Kier molecular flexibility index (Phi) is 4.09. The highest BCUT2D eigenvalue weighted by Crippen LogP contribution is 2.22. The molecule has 0 amide bonds. The van der Waals surface area contributed by atoms with Crippen LogP contribution in [0.5, 0.6) is 0 Å². The predicted octanol–water partition coefficient (Wildman–Crippen LogP) is 4.81. The molecule has 1 heterocycles. The van der Waals surface area contributed by atoms with Gasteiger partial charge in [-0.15, -0.1) is 0 Å². The lowest BCUT2D eigenvalue weighted by molar-refractivity contribution is 1.25. The maximum absolute atomic E-state index is 4.71. The molecule has 1 aromatic carbocycles. The maximum Gasteiger partial charge on any atom is 0.0712 e. The lowest BCUT2D eigenvalue weighted by Crippen LogP contribution is -1.92. The highest BCUT2D eigenvalue weighted by Gasteiger charge is 2.04. The van der Waals surface area contributed by atoms with E-state index in [2.05, 4.69) is 44.3 Å². The van der Waals surface area contributed by atoms with Crippen LogP contribution in [0.4, 0.5) is 0 Å². The van der Waals surface area contributed by atoms with Crippen LogP contribution in [0.1, 0.15) is 11.3 Å². The lowest BCUT2D eigenvalue weighted by atomic mass is 10.1. The van der Waals surface area contributed by atoms with Crippen LogP contribution >= 0.6 is 0 Å². The monoisotopic (exact) mass is 247 g/mol. The van der Waals surface area contributed by atoms with E-state index in [9.17, 15) is 0 Å². The van der Waals surface area contributed by atoms with Gasteiger partial charge in [0.1, 0.15) is 0 Å². The number of nitrogens with zero attached hydrogens (tertiary/aromatic N) is 1. The highest BCUT2D eigenvalue weighted by molar-refractivity contribution is 5.74. The molecule has 0 aliphatic heterocycles. The van der Waals surface area contributed by atoms with Gasteiger partial charge in [-0.05, 0) is 30.2 Å². The number of hydrogen-bond acceptors (Lipinski definition) is 1. The van der Waals surface area contributed by atoms with Crippen molar-refractivity contribution in [2.45, 2.75) is 6.92 Å². The van der Waals surface area contributed by atoms with E-state index >= 15 is 0 Å². The molecule has 0 aliphatic rings. The second-order valence-corrected chi connectivity index (χ2v) is 4.34. The van der Waals surface area contributed by atoms with Gasteiger partial charge in [0, 0.05) is 5.56 Å². The van der Waals surface area contributed by atoms with Crippen LogP contribution < -0.4 is 0 Å². The Balaban J connectivity index is 2.55. The number of rotatable bonds is 4. The Morgan fingerprint density at radius 2 is 1.84 bits per heavy atom. The topological polar surface area (TPSA) is 12.9 Å². The number of allylic oxidation sites excluding steroid dienone is 4. The van der Waals surface area contributed by atoms with Gasteiger partial charge in [0.15, 0.2) is 0 Å². The van der Waals surface area contributed by atoms with E-state index in [-0.39, 0.29) is 0 Å². The second-order valence-electron chi connectivity index (χ2n) is 4.34. The summed E-state index contributed by atoms with van der Waals surface area (Å²) in [6.07, 6.45) is 5.48. The van der Waals surface area contributed by atoms with Crippen molar-refractivity contribution in [3.05, 3.63) is 85.1 Å². The van der Waals surface area contributed by atoms with Crippen LogP contribution in [-0.2, 0) is 0 Å². The van der Waals surface area contributed by atoms with E-state index in [1.807, 2.05) is 24.3 Å². The van der Waals surface area contributed by atoms with Gasteiger partial charge in [-0.2, -0.15) is 0 Å². The van der Waals surface area contributed by atoms with Crippen molar-refractivity contribution in [3.63, 3.8) is 0 Å². The van der Waals surface area contributed by atoms with Gasteiger partial charge in [0.25, 0.3) is 0 Å². The van der Waals surface area contributed by atoms with Crippen LogP contribution in [-0.4, -0.2) is 4.98 Å². The van der Waals surface area contributed by atoms with Crippen molar-refractivity contribution in [1.29, 1.82) is 0 Å².